The fourth-order valence-electron chi connectivity index (χ4n) is 2.53. The van der Waals surface area contributed by atoms with Crippen molar-refractivity contribution in [2.45, 2.75) is 6.18 Å². The van der Waals surface area contributed by atoms with Crippen molar-refractivity contribution in [2.75, 3.05) is 0 Å². The number of pyridine rings is 1. The summed E-state index contributed by atoms with van der Waals surface area (Å²) in [7, 11) is 0. The van der Waals surface area contributed by atoms with Gasteiger partial charge in [0.05, 0.1) is 17.3 Å². The smallest absolute Gasteiger partial charge is 0.416 e. The summed E-state index contributed by atoms with van der Waals surface area (Å²) in [6.07, 6.45) is -2.88. The van der Waals surface area contributed by atoms with Gasteiger partial charge < -0.3 is 4.42 Å². The normalized spacial score (nSPS) is 11.8. The predicted molar refractivity (Wildman–Crippen MR) is 87.7 cm³/mol. The van der Waals surface area contributed by atoms with Crippen LogP contribution in [0.3, 0.4) is 0 Å². The number of benzene rings is 2. The average molecular weight is 340 g/mol. The Hall–Kier alpha value is -3.15. The molecule has 2 heterocycles. The number of oxazole rings is 1. The summed E-state index contributed by atoms with van der Waals surface area (Å²) in [4.78, 5) is 8.68. The third-order valence-corrected chi connectivity index (χ3v) is 3.82. The molecule has 0 aliphatic heterocycles. The first-order valence-corrected chi connectivity index (χ1v) is 7.50. The van der Waals surface area contributed by atoms with Crippen molar-refractivity contribution in [3.8, 4) is 22.9 Å². The Bertz CT molecular complexity index is 1040. The highest BCUT2D eigenvalue weighted by molar-refractivity contribution is 5.80. The minimum absolute atomic E-state index is 0.320. The van der Waals surface area contributed by atoms with Gasteiger partial charge >= 0.3 is 6.18 Å². The van der Waals surface area contributed by atoms with Crippen LogP contribution in [0.15, 0.2) is 71.3 Å². The second-order valence-electron chi connectivity index (χ2n) is 5.49. The van der Waals surface area contributed by atoms with E-state index in [2.05, 4.69) is 9.97 Å². The van der Waals surface area contributed by atoms with Gasteiger partial charge in [0.25, 0.3) is 0 Å². The molecule has 25 heavy (non-hydrogen) atoms. The molecule has 0 saturated heterocycles. The van der Waals surface area contributed by atoms with E-state index < -0.39 is 11.7 Å². The second-order valence-corrected chi connectivity index (χ2v) is 5.49. The van der Waals surface area contributed by atoms with E-state index in [-0.39, 0.29) is 0 Å². The van der Waals surface area contributed by atoms with Gasteiger partial charge in [-0.25, -0.2) is 9.97 Å². The van der Waals surface area contributed by atoms with Crippen LogP contribution in [0.5, 0.6) is 0 Å². The lowest BCUT2D eigenvalue weighted by atomic mass is 10.1. The number of hydrogen-bond acceptors (Lipinski definition) is 3. The van der Waals surface area contributed by atoms with Crippen LogP contribution in [0, 0.1) is 0 Å². The second kappa shape index (κ2) is 5.73. The molecule has 0 amide bonds. The van der Waals surface area contributed by atoms with Crippen LogP contribution in [-0.4, -0.2) is 9.97 Å². The number of para-hydroxylation sites is 1. The number of hydrogen-bond donors (Lipinski definition) is 0. The van der Waals surface area contributed by atoms with E-state index in [0.717, 1.165) is 23.0 Å². The molecule has 6 heteroatoms. The third kappa shape index (κ3) is 2.98. The number of halogens is 3. The fraction of sp³-hybridized carbons (Fsp3) is 0.0526. The molecular formula is C19H11F3N2O. The van der Waals surface area contributed by atoms with Crippen LogP contribution in [0.4, 0.5) is 13.2 Å². The Balaban J connectivity index is 1.67. The van der Waals surface area contributed by atoms with Crippen LogP contribution in [0.1, 0.15) is 5.56 Å². The molecule has 0 radical (unpaired) electrons. The molecular weight excluding hydrogens is 329 g/mol. The molecule has 0 spiro atoms. The highest BCUT2D eigenvalue weighted by atomic mass is 19.4. The lowest BCUT2D eigenvalue weighted by Crippen LogP contribution is -2.03. The van der Waals surface area contributed by atoms with Crippen LogP contribution in [0.2, 0.25) is 0 Å². The van der Waals surface area contributed by atoms with Crippen molar-refractivity contribution in [1.82, 2.24) is 9.97 Å². The van der Waals surface area contributed by atoms with E-state index in [1.807, 2.05) is 30.3 Å². The molecule has 0 bridgehead atoms. The van der Waals surface area contributed by atoms with Gasteiger partial charge in [0.2, 0.25) is 5.89 Å². The van der Waals surface area contributed by atoms with Gasteiger partial charge in [-0.3, -0.25) is 0 Å². The summed E-state index contributed by atoms with van der Waals surface area (Å²) in [6.45, 7) is 0. The zero-order valence-corrected chi connectivity index (χ0v) is 12.8. The molecule has 0 atom stereocenters. The standard InChI is InChI=1S/C19H11F3N2O/c20-19(21,22)14-8-5-13(6-9-14)17-11-23-18(25-17)16-10-7-12-3-1-2-4-15(12)24-16/h1-11H. The van der Waals surface area contributed by atoms with Crippen LogP contribution in [0.25, 0.3) is 33.8 Å². The Labute approximate surface area is 140 Å². The number of nitrogens with zero attached hydrogens (tertiary/aromatic N) is 2. The maximum absolute atomic E-state index is 12.6. The molecule has 0 saturated carbocycles. The molecule has 124 valence electrons. The molecule has 0 aliphatic rings. The summed E-state index contributed by atoms with van der Waals surface area (Å²) in [5.41, 5.74) is 1.20. The van der Waals surface area contributed by atoms with E-state index in [4.69, 9.17) is 4.42 Å². The zero-order valence-electron chi connectivity index (χ0n) is 12.8. The van der Waals surface area contributed by atoms with E-state index >= 15 is 0 Å². The van der Waals surface area contributed by atoms with Crippen molar-refractivity contribution < 1.29 is 17.6 Å². The van der Waals surface area contributed by atoms with E-state index in [1.54, 1.807) is 6.07 Å². The largest absolute Gasteiger partial charge is 0.435 e. The number of fused-ring (bicyclic) bond motifs is 1. The Kier molecular flexibility index (Phi) is 3.53. The highest BCUT2D eigenvalue weighted by Crippen LogP contribution is 2.32. The first-order chi connectivity index (χ1) is 12.0. The molecule has 3 nitrogen and oxygen atoms in total. The van der Waals surface area contributed by atoms with Crippen LogP contribution < -0.4 is 0 Å². The average Bonchev–Trinajstić information content (AvgIpc) is 3.11. The first kappa shape index (κ1) is 15.4. The van der Waals surface area contributed by atoms with Gasteiger partial charge in [-0.2, -0.15) is 13.2 Å². The maximum Gasteiger partial charge on any atom is 0.416 e. The molecule has 4 aromatic rings. The number of rotatable bonds is 2. The van der Waals surface area contributed by atoms with Crippen molar-refractivity contribution in [2.24, 2.45) is 0 Å². The van der Waals surface area contributed by atoms with E-state index in [9.17, 15) is 13.2 Å². The molecule has 2 aromatic heterocycles. The van der Waals surface area contributed by atoms with Gasteiger partial charge in [0.1, 0.15) is 5.69 Å². The van der Waals surface area contributed by atoms with Crippen molar-refractivity contribution in [3.63, 3.8) is 0 Å². The molecule has 2 aromatic carbocycles. The maximum atomic E-state index is 12.6. The van der Waals surface area contributed by atoms with Crippen molar-refractivity contribution in [1.29, 1.82) is 0 Å². The SMILES string of the molecule is FC(F)(F)c1ccc(-c2cnc(-c3ccc4ccccc4n3)o2)cc1. The van der Waals surface area contributed by atoms with E-state index in [0.29, 0.717) is 22.9 Å². The Morgan fingerprint density at radius 3 is 2.36 bits per heavy atom. The molecule has 0 aliphatic carbocycles. The lowest BCUT2D eigenvalue weighted by molar-refractivity contribution is -0.137. The summed E-state index contributed by atoms with van der Waals surface area (Å²) >= 11 is 0. The molecule has 0 fully saturated rings. The van der Waals surface area contributed by atoms with Crippen molar-refractivity contribution >= 4 is 10.9 Å². The lowest BCUT2D eigenvalue weighted by Gasteiger charge is -2.06. The third-order valence-electron chi connectivity index (χ3n) is 3.82. The summed E-state index contributed by atoms with van der Waals surface area (Å²) in [5.74, 6) is 0.708. The van der Waals surface area contributed by atoms with Gasteiger partial charge in [0, 0.05) is 10.9 Å². The summed E-state index contributed by atoms with van der Waals surface area (Å²) in [6, 6.07) is 16.1. The minimum Gasteiger partial charge on any atom is -0.435 e. The quantitative estimate of drug-likeness (QED) is 0.478. The number of aromatic nitrogens is 2. The topological polar surface area (TPSA) is 38.9 Å². The molecule has 4 rings (SSSR count). The number of alkyl halides is 3. The van der Waals surface area contributed by atoms with Gasteiger partial charge in [-0.1, -0.05) is 36.4 Å². The Morgan fingerprint density at radius 1 is 0.840 bits per heavy atom. The van der Waals surface area contributed by atoms with Gasteiger partial charge in [-0.05, 0) is 24.3 Å². The van der Waals surface area contributed by atoms with Gasteiger partial charge in [-0.15, -0.1) is 0 Å². The first-order valence-electron chi connectivity index (χ1n) is 7.50. The monoisotopic (exact) mass is 340 g/mol. The summed E-state index contributed by atoms with van der Waals surface area (Å²) in [5, 5.41) is 1.00. The molecule has 0 unspecified atom stereocenters. The Morgan fingerprint density at radius 2 is 1.60 bits per heavy atom. The molecule has 0 N–H and O–H groups in total. The minimum atomic E-state index is -4.36. The zero-order chi connectivity index (χ0) is 17.4. The van der Waals surface area contributed by atoms with Crippen LogP contribution >= 0.6 is 0 Å². The predicted octanol–water partition coefficient (Wildman–Crippen LogP) is 5.58. The van der Waals surface area contributed by atoms with Gasteiger partial charge in [0.15, 0.2) is 5.76 Å². The summed E-state index contributed by atoms with van der Waals surface area (Å²) < 4.78 is 43.6. The fourth-order valence-corrected chi connectivity index (χ4v) is 2.53. The van der Waals surface area contributed by atoms with Crippen LogP contribution in [-0.2, 0) is 6.18 Å². The van der Waals surface area contributed by atoms with Crippen molar-refractivity contribution in [3.05, 3.63) is 72.4 Å². The van der Waals surface area contributed by atoms with E-state index in [1.165, 1.54) is 18.3 Å². The highest BCUT2D eigenvalue weighted by Gasteiger charge is 2.30.